The minimum Gasteiger partial charge on any atom is -0.469 e. The van der Waals surface area contributed by atoms with Crippen LogP contribution in [0, 0.1) is 0 Å². The van der Waals surface area contributed by atoms with E-state index < -0.39 is 0 Å². The Balaban J connectivity index is 1.78. The third-order valence-electron chi connectivity index (χ3n) is 2.36. The van der Waals surface area contributed by atoms with Crippen LogP contribution in [0.5, 0.6) is 0 Å². The van der Waals surface area contributed by atoms with Gasteiger partial charge in [-0.15, -0.1) is 0 Å². The molecule has 2 heterocycles. The van der Waals surface area contributed by atoms with E-state index in [0.29, 0.717) is 6.04 Å². The van der Waals surface area contributed by atoms with Crippen molar-refractivity contribution in [3.63, 3.8) is 0 Å². The molecular weight excluding hydrogens is 202 g/mol. The molecule has 2 aromatic rings. The molecule has 0 aliphatic carbocycles. The summed E-state index contributed by atoms with van der Waals surface area (Å²) in [5.41, 5.74) is 1.09. The van der Waals surface area contributed by atoms with Gasteiger partial charge in [-0.2, -0.15) is 0 Å². The van der Waals surface area contributed by atoms with Crippen molar-refractivity contribution in [1.29, 1.82) is 0 Å². The van der Waals surface area contributed by atoms with Gasteiger partial charge in [0.15, 0.2) is 0 Å². The van der Waals surface area contributed by atoms with E-state index in [1.54, 1.807) is 6.26 Å². The SMILES string of the molecule is CC(Cc1ccco1)NCc1cncnc1. The van der Waals surface area contributed by atoms with E-state index in [2.05, 4.69) is 22.2 Å². The van der Waals surface area contributed by atoms with Gasteiger partial charge in [0.25, 0.3) is 0 Å². The summed E-state index contributed by atoms with van der Waals surface area (Å²) in [6, 6.07) is 4.27. The Morgan fingerprint density at radius 3 is 2.88 bits per heavy atom. The lowest BCUT2D eigenvalue weighted by Crippen LogP contribution is -2.27. The Labute approximate surface area is 94.7 Å². The topological polar surface area (TPSA) is 51.0 Å². The molecule has 0 fully saturated rings. The summed E-state index contributed by atoms with van der Waals surface area (Å²) in [4.78, 5) is 7.94. The van der Waals surface area contributed by atoms with Gasteiger partial charge in [-0.1, -0.05) is 0 Å². The zero-order chi connectivity index (χ0) is 11.2. The molecule has 0 saturated carbocycles. The van der Waals surface area contributed by atoms with Gasteiger partial charge in [-0.25, -0.2) is 9.97 Å². The largest absolute Gasteiger partial charge is 0.469 e. The number of rotatable bonds is 5. The lowest BCUT2D eigenvalue weighted by atomic mass is 10.2. The predicted octanol–water partition coefficient (Wildman–Crippen LogP) is 1.79. The van der Waals surface area contributed by atoms with Gasteiger partial charge in [-0.05, 0) is 19.1 Å². The van der Waals surface area contributed by atoms with Crippen LogP contribution in [0.15, 0.2) is 41.5 Å². The van der Waals surface area contributed by atoms with Crippen LogP contribution in [0.2, 0.25) is 0 Å². The first-order valence-electron chi connectivity index (χ1n) is 5.34. The highest BCUT2D eigenvalue weighted by Crippen LogP contribution is 2.04. The molecule has 84 valence electrons. The first-order chi connectivity index (χ1) is 7.84. The standard InChI is InChI=1S/C12H15N3O/c1-10(5-12-3-2-4-16-12)15-8-11-6-13-9-14-7-11/h2-4,6-7,9-10,15H,5,8H2,1H3. The highest BCUT2D eigenvalue weighted by Gasteiger charge is 2.04. The van der Waals surface area contributed by atoms with Gasteiger partial charge in [0.2, 0.25) is 0 Å². The van der Waals surface area contributed by atoms with Crippen LogP contribution in [0.25, 0.3) is 0 Å². The predicted molar refractivity (Wildman–Crippen MR) is 60.7 cm³/mol. The molecule has 1 atom stereocenters. The van der Waals surface area contributed by atoms with Crippen molar-refractivity contribution in [3.8, 4) is 0 Å². The van der Waals surface area contributed by atoms with Gasteiger partial charge in [0.05, 0.1) is 6.26 Å². The fourth-order valence-corrected chi connectivity index (χ4v) is 1.52. The van der Waals surface area contributed by atoms with Crippen LogP contribution in [0.1, 0.15) is 18.2 Å². The summed E-state index contributed by atoms with van der Waals surface area (Å²) in [7, 11) is 0. The van der Waals surface area contributed by atoms with Crippen molar-refractivity contribution < 1.29 is 4.42 Å². The minimum absolute atomic E-state index is 0.367. The van der Waals surface area contributed by atoms with E-state index in [1.165, 1.54) is 6.33 Å². The summed E-state index contributed by atoms with van der Waals surface area (Å²) in [6.45, 7) is 2.91. The van der Waals surface area contributed by atoms with Crippen molar-refractivity contribution in [3.05, 3.63) is 48.4 Å². The van der Waals surface area contributed by atoms with E-state index >= 15 is 0 Å². The second-order valence-electron chi connectivity index (χ2n) is 3.81. The Kier molecular flexibility index (Phi) is 3.66. The molecule has 2 rings (SSSR count). The maximum Gasteiger partial charge on any atom is 0.115 e. The van der Waals surface area contributed by atoms with Crippen LogP contribution in [-0.4, -0.2) is 16.0 Å². The van der Waals surface area contributed by atoms with E-state index in [-0.39, 0.29) is 0 Å². The number of hydrogen-bond acceptors (Lipinski definition) is 4. The zero-order valence-corrected chi connectivity index (χ0v) is 9.26. The molecule has 0 amide bonds. The van der Waals surface area contributed by atoms with Crippen LogP contribution in [0.3, 0.4) is 0 Å². The van der Waals surface area contributed by atoms with E-state index in [9.17, 15) is 0 Å². The number of furan rings is 1. The fraction of sp³-hybridized carbons (Fsp3) is 0.333. The highest BCUT2D eigenvalue weighted by atomic mass is 16.3. The van der Waals surface area contributed by atoms with Crippen molar-refractivity contribution in [1.82, 2.24) is 15.3 Å². The summed E-state index contributed by atoms with van der Waals surface area (Å²) in [5, 5.41) is 3.40. The lowest BCUT2D eigenvalue weighted by molar-refractivity contribution is 0.456. The number of nitrogens with zero attached hydrogens (tertiary/aromatic N) is 2. The summed E-state index contributed by atoms with van der Waals surface area (Å²) in [5.74, 6) is 1.00. The summed E-state index contributed by atoms with van der Waals surface area (Å²) in [6.07, 6.45) is 7.77. The van der Waals surface area contributed by atoms with Gasteiger partial charge in [0.1, 0.15) is 12.1 Å². The third kappa shape index (κ3) is 3.17. The van der Waals surface area contributed by atoms with Crippen molar-refractivity contribution in [2.75, 3.05) is 0 Å². The molecule has 16 heavy (non-hydrogen) atoms. The maximum atomic E-state index is 5.29. The Hall–Kier alpha value is -1.68. The first-order valence-corrected chi connectivity index (χ1v) is 5.34. The van der Waals surface area contributed by atoms with E-state index in [4.69, 9.17) is 4.42 Å². The second kappa shape index (κ2) is 5.42. The Morgan fingerprint density at radius 2 is 2.19 bits per heavy atom. The molecule has 0 bridgehead atoms. The number of hydrogen-bond donors (Lipinski definition) is 1. The third-order valence-corrected chi connectivity index (χ3v) is 2.36. The van der Waals surface area contributed by atoms with Crippen LogP contribution < -0.4 is 5.32 Å². The van der Waals surface area contributed by atoms with E-state index in [1.807, 2.05) is 24.5 Å². The maximum absolute atomic E-state index is 5.29. The first kappa shape index (κ1) is 10.8. The van der Waals surface area contributed by atoms with Gasteiger partial charge < -0.3 is 9.73 Å². The van der Waals surface area contributed by atoms with Gasteiger partial charge in [0, 0.05) is 37.0 Å². The van der Waals surface area contributed by atoms with Crippen molar-refractivity contribution in [2.45, 2.75) is 25.9 Å². The quantitative estimate of drug-likeness (QED) is 0.829. The summed E-state index contributed by atoms with van der Waals surface area (Å²) >= 11 is 0. The molecule has 4 heteroatoms. The number of nitrogens with one attached hydrogen (secondary N) is 1. The summed E-state index contributed by atoms with van der Waals surface area (Å²) < 4.78 is 5.29. The Morgan fingerprint density at radius 1 is 1.38 bits per heavy atom. The molecule has 4 nitrogen and oxygen atoms in total. The molecule has 1 N–H and O–H groups in total. The van der Waals surface area contributed by atoms with Crippen LogP contribution in [-0.2, 0) is 13.0 Å². The molecular formula is C12H15N3O. The molecule has 0 aliphatic rings. The van der Waals surface area contributed by atoms with Crippen molar-refractivity contribution in [2.24, 2.45) is 0 Å². The monoisotopic (exact) mass is 217 g/mol. The van der Waals surface area contributed by atoms with Gasteiger partial charge in [-0.3, -0.25) is 0 Å². The number of aromatic nitrogens is 2. The Bertz CT molecular complexity index is 399. The lowest BCUT2D eigenvalue weighted by Gasteiger charge is -2.11. The van der Waals surface area contributed by atoms with Crippen LogP contribution in [0.4, 0.5) is 0 Å². The molecule has 0 radical (unpaired) electrons. The minimum atomic E-state index is 0.367. The zero-order valence-electron chi connectivity index (χ0n) is 9.26. The van der Waals surface area contributed by atoms with Crippen molar-refractivity contribution >= 4 is 0 Å². The average Bonchev–Trinajstić information content (AvgIpc) is 2.81. The van der Waals surface area contributed by atoms with Crippen LogP contribution >= 0.6 is 0 Å². The molecule has 0 aromatic carbocycles. The molecule has 0 spiro atoms. The second-order valence-corrected chi connectivity index (χ2v) is 3.81. The molecule has 2 aromatic heterocycles. The normalized spacial score (nSPS) is 12.6. The smallest absolute Gasteiger partial charge is 0.115 e. The highest BCUT2D eigenvalue weighted by molar-refractivity contribution is 5.03. The average molecular weight is 217 g/mol. The molecule has 0 aliphatic heterocycles. The molecule has 1 unspecified atom stereocenters. The van der Waals surface area contributed by atoms with E-state index in [0.717, 1.165) is 24.3 Å². The fourth-order valence-electron chi connectivity index (χ4n) is 1.52. The van der Waals surface area contributed by atoms with Gasteiger partial charge >= 0.3 is 0 Å². The molecule has 0 saturated heterocycles.